The first-order chi connectivity index (χ1) is 33.3. The molecule has 4 aromatic rings. The summed E-state index contributed by atoms with van der Waals surface area (Å²) in [7, 11) is 3.78. The van der Waals surface area contributed by atoms with Gasteiger partial charge >= 0.3 is 0 Å². The van der Waals surface area contributed by atoms with Crippen molar-refractivity contribution in [2.24, 2.45) is 23.7 Å². The zero-order valence-corrected chi connectivity index (χ0v) is 38.6. The van der Waals surface area contributed by atoms with Crippen LogP contribution in [0.5, 0.6) is 51.7 Å². The molecule has 2 heterocycles. The van der Waals surface area contributed by atoms with Crippen LogP contribution >= 0.6 is 0 Å². The molecule has 71 heavy (non-hydrogen) atoms. The summed E-state index contributed by atoms with van der Waals surface area (Å²) in [5.41, 5.74) is -1.54. The van der Waals surface area contributed by atoms with Crippen LogP contribution in [-0.4, -0.2) is 159 Å². The second kappa shape index (κ2) is 18.5. The number of fused-ring (bicyclic) bond motifs is 2. The highest BCUT2D eigenvalue weighted by atomic mass is 16.7. The minimum Gasteiger partial charge on any atom is -0.504 e. The molecule has 8 rings (SSSR count). The van der Waals surface area contributed by atoms with Gasteiger partial charge in [-0.2, -0.15) is 0 Å². The average molecular weight is 997 g/mol. The van der Waals surface area contributed by atoms with E-state index in [1.54, 1.807) is 23.1 Å². The highest BCUT2D eigenvalue weighted by Crippen LogP contribution is 2.55. The number of phenolic OH excluding ortho intramolecular Hbond substituents is 4. The molecule has 0 spiro atoms. The minimum atomic E-state index is -3.15. The first-order valence-electron chi connectivity index (χ1n) is 22.4. The monoisotopic (exact) mass is 996 g/mol. The van der Waals surface area contributed by atoms with Crippen molar-refractivity contribution in [2.45, 2.75) is 61.3 Å². The van der Waals surface area contributed by atoms with Crippen LogP contribution in [0.25, 0.3) is 0 Å². The number of hydrogen-bond donors (Lipinski definition) is 14. The molecule has 23 heteroatoms. The molecule has 2 aliphatic heterocycles. The molecule has 2 fully saturated rings. The molecule has 14 N–H and O–H groups in total. The van der Waals surface area contributed by atoms with Gasteiger partial charge in [0, 0.05) is 59.3 Å². The molecule has 4 aromatic carbocycles. The Labute approximate surface area is 404 Å². The first-order valence-corrected chi connectivity index (χ1v) is 22.4. The number of carbonyl (C=O) groups excluding carboxylic acids is 2. The van der Waals surface area contributed by atoms with E-state index in [-0.39, 0.29) is 104 Å². The summed E-state index contributed by atoms with van der Waals surface area (Å²) in [5.74, 6) is -28.2. The van der Waals surface area contributed by atoms with Gasteiger partial charge in [0.05, 0.1) is 26.9 Å². The summed E-state index contributed by atoms with van der Waals surface area (Å²) in [5, 5.41) is 157. The molecule has 384 valence electrons. The topological polar surface area (TPSA) is 370 Å². The van der Waals surface area contributed by atoms with E-state index >= 15 is 0 Å². The summed E-state index contributed by atoms with van der Waals surface area (Å²) < 4.78 is 26.8. The van der Waals surface area contributed by atoms with Crippen LogP contribution in [0, 0.1) is 23.7 Å². The third-order valence-electron chi connectivity index (χ3n) is 14.5. The van der Waals surface area contributed by atoms with Crippen molar-refractivity contribution in [1.82, 2.24) is 9.80 Å². The number of carbonyl (C=O) groups is 2. The predicted octanol–water partition coefficient (Wildman–Crippen LogP) is -0.369. The summed E-state index contributed by atoms with van der Waals surface area (Å²) in [4.78, 5) is 30.3. The number of rotatable bonds is 15. The third kappa shape index (κ3) is 8.49. The van der Waals surface area contributed by atoms with Gasteiger partial charge in [0.15, 0.2) is 57.6 Å². The molecule has 0 bridgehead atoms. The molecular weight excluding hydrogens is 941 g/mol. The lowest BCUT2D eigenvalue weighted by atomic mass is 9.77. The van der Waals surface area contributed by atoms with Crippen LogP contribution in [0.2, 0.25) is 0 Å². The number of nitrogens with zero attached hydrogens (tertiary/aromatic N) is 2. The molecular formula is C48H56N2O21. The van der Waals surface area contributed by atoms with E-state index in [0.717, 1.165) is 12.1 Å². The number of phenols is 4. The summed E-state index contributed by atoms with van der Waals surface area (Å²) in [6.45, 7) is -1.32. The van der Waals surface area contributed by atoms with Gasteiger partial charge < -0.3 is 95.2 Å². The normalized spacial score (nSPS) is 21.0. The number of aromatic hydroxyl groups is 4. The van der Waals surface area contributed by atoms with E-state index in [1.807, 2.05) is 0 Å². The minimum absolute atomic E-state index is 0.0286. The molecule has 0 aromatic heterocycles. The van der Waals surface area contributed by atoms with Crippen molar-refractivity contribution in [3.05, 3.63) is 88.0 Å². The number of likely N-dealkylation sites (tertiary alicyclic amines) is 2. The second-order valence-electron chi connectivity index (χ2n) is 18.3. The lowest BCUT2D eigenvalue weighted by molar-refractivity contribution is -0.321. The fourth-order valence-corrected chi connectivity index (χ4v) is 10.5. The number of methoxy groups -OCH3 is 3. The van der Waals surface area contributed by atoms with Crippen molar-refractivity contribution in [3.63, 3.8) is 0 Å². The number of ketones is 2. The molecule has 2 saturated heterocycles. The zero-order chi connectivity index (χ0) is 51.7. The van der Waals surface area contributed by atoms with Crippen LogP contribution in [-0.2, 0) is 24.0 Å². The van der Waals surface area contributed by atoms with Crippen molar-refractivity contribution < 1.29 is 105 Å². The Morgan fingerprint density at radius 3 is 1.46 bits per heavy atom. The van der Waals surface area contributed by atoms with Gasteiger partial charge in [0.25, 0.3) is 5.91 Å². The Morgan fingerprint density at radius 2 is 1.00 bits per heavy atom. The van der Waals surface area contributed by atoms with Gasteiger partial charge in [-0.05, 0) is 63.0 Å². The Bertz CT molecular complexity index is 2660. The fourth-order valence-electron chi connectivity index (χ4n) is 10.5. The average Bonchev–Trinajstić information content (AvgIpc) is 3.68. The first kappa shape index (κ1) is 51.3. The fraction of sp³-hybridized carbons (Fsp3) is 0.458. The standard InChI is InChI=1S/C48H56N2O21/c1-67-31-17-26-29(19-32(31)68-2)46(61,62)42(37(26)53)44(57,58)23-9-13-49(14-10-23)21-28-35(51)39(55)41(40(56)36(28)52)71-22-70-34-18-27-30(20-33(34)69-3)47(63,64)43(38(27)54)45(59,60)24-11-15-50(16-12-24)48(65,66)25-7-5-4-6-8-25/h4-8,17-20,23-24,42-43,51-52,55-66H,9-16,21-22H2,1-3H3. The van der Waals surface area contributed by atoms with Crippen molar-refractivity contribution >= 4 is 11.6 Å². The lowest BCUT2D eigenvalue weighted by Crippen LogP contribution is -2.58. The quantitative estimate of drug-likeness (QED) is 0.0410. The lowest BCUT2D eigenvalue weighted by Gasteiger charge is -2.45. The Balaban J connectivity index is 0.911. The van der Waals surface area contributed by atoms with Crippen LogP contribution in [0.3, 0.4) is 0 Å². The molecule has 0 saturated carbocycles. The zero-order valence-electron chi connectivity index (χ0n) is 38.6. The number of aliphatic hydroxyl groups is 10. The maximum Gasteiger partial charge on any atom is 0.253 e. The highest BCUT2D eigenvalue weighted by molar-refractivity contribution is 6.05. The van der Waals surface area contributed by atoms with E-state index in [1.165, 1.54) is 50.5 Å². The molecule has 2 aliphatic carbocycles. The molecule has 2 atom stereocenters. The SMILES string of the molecule is COc1cc2c(cc1OC)C(O)(O)C(C(O)(O)C1CCN(Cc3c(O)c(O)c(OCOc4cc5c(cc4OC)C(O)(O)C(C(O)(O)C4CCN(C(O)(O)c6ccccc6)CC4)C5=O)c(O)c3O)CC1)C2=O. The Kier molecular flexibility index (Phi) is 13.4. The number of piperidine rings is 2. The van der Waals surface area contributed by atoms with Crippen molar-refractivity contribution in [2.75, 3.05) is 54.3 Å². The van der Waals surface area contributed by atoms with Gasteiger partial charge in [-0.25, -0.2) is 4.90 Å². The summed E-state index contributed by atoms with van der Waals surface area (Å²) in [6, 6.07) is 12.4. The smallest absolute Gasteiger partial charge is 0.253 e. The van der Waals surface area contributed by atoms with Gasteiger partial charge in [-0.3, -0.25) is 14.5 Å². The maximum absolute atomic E-state index is 13.9. The Morgan fingerprint density at radius 1 is 0.577 bits per heavy atom. The van der Waals surface area contributed by atoms with E-state index < -0.39 is 111 Å². The van der Waals surface area contributed by atoms with Gasteiger partial charge in [0.1, 0.15) is 11.8 Å². The maximum atomic E-state index is 13.9. The van der Waals surface area contributed by atoms with E-state index in [0.29, 0.717) is 0 Å². The third-order valence-corrected chi connectivity index (χ3v) is 14.5. The number of ether oxygens (including phenoxy) is 5. The van der Waals surface area contributed by atoms with Crippen LogP contribution in [0.15, 0.2) is 54.6 Å². The van der Waals surface area contributed by atoms with E-state index in [9.17, 15) is 81.1 Å². The molecule has 2 unspecified atom stereocenters. The second-order valence-corrected chi connectivity index (χ2v) is 18.3. The van der Waals surface area contributed by atoms with Gasteiger partial charge in [0.2, 0.25) is 35.6 Å². The van der Waals surface area contributed by atoms with Gasteiger partial charge in [-0.15, -0.1) is 0 Å². The van der Waals surface area contributed by atoms with E-state index in [2.05, 4.69) is 0 Å². The molecule has 4 aliphatic rings. The molecule has 23 nitrogen and oxygen atoms in total. The van der Waals surface area contributed by atoms with Gasteiger partial charge in [-0.1, -0.05) is 30.3 Å². The molecule has 0 radical (unpaired) electrons. The van der Waals surface area contributed by atoms with Crippen molar-refractivity contribution in [1.29, 1.82) is 0 Å². The van der Waals surface area contributed by atoms with E-state index in [4.69, 9.17) is 23.7 Å². The summed E-state index contributed by atoms with van der Waals surface area (Å²) >= 11 is 0. The number of hydrogen-bond acceptors (Lipinski definition) is 23. The Hall–Kier alpha value is -6.06. The number of Topliss-reactive ketones (excluding diaryl/α,β-unsaturated/α-hetero) is 2. The van der Waals surface area contributed by atoms with Crippen LogP contribution in [0.1, 0.15) is 68.7 Å². The molecule has 0 amide bonds. The van der Waals surface area contributed by atoms with Crippen LogP contribution < -0.4 is 23.7 Å². The number of benzene rings is 4. The largest absolute Gasteiger partial charge is 0.504 e. The highest BCUT2D eigenvalue weighted by Gasteiger charge is 2.64. The predicted molar refractivity (Wildman–Crippen MR) is 239 cm³/mol. The van der Waals surface area contributed by atoms with Crippen molar-refractivity contribution in [3.8, 4) is 51.7 Å². The van der Waals surface area contributed by atoms with Crippen LogP contribution in [0.4, 0.5) is 0 Å². The summed E-state index contributed by atoms with van der Waals surface area (Å²) in [6.07, 6.45) is -0.280.